The normalized spacial score (nSPS) is 16.6. The average Bonchev–Trinajstić information content (AvgIpc) is 2.74. The van der Waals surface area contributed by atoms with E-state index in [4.69, 9.17) is 0 Å². The maximum Gasteiger partial charge on any atom is 0.277 e. The van der Waals surface area contributed by atoms with Gasteiger partial charge in [-0.05, 0) is 25.1 Å². The number of piperazine rings is 1. The van der Waals surface area contributed by atoms with Crippen LogP contribution in [0.2, 0.25) is 0 Å². The molecular formula is C21H27FN3O3S+. The molecule has 1 aliphatic heterocycles. The molecule has 156 valence electrons. The van der Waals surface area contributed by atoms with Gasteiger partial charge >= 0.3 is 0 Å². The van der Waals surface area contributed by atoms with E-state index in [0.29, 0.717) is 19.6 Å². The van der Waals surface area contributed by atoms with E-state index in [1.807, 2.05) is 18.2 Å². The maximum absolute atomic E-state index is 13.4. The molecule has 6 nitrogen and oxygen atoms in total. The van der Waals surface area contributed by atoms with E-state index in [1.165, 1.54) is 28.1 Å². The Labute approximate surface area is 171 Å². The van der Waals surface area contributed by atoms with Gasteiger partial charge in [-0.25, -0.2) is 12.8 Å². The second-order valence-corrected chi connectivity index (χ2v) is 9.12. The lowest BCUT2D eigenvalue weighted by Gasteiger charge is -2.34. The van der Waals surface area contributed by atoms with Gasteiger partial charge in [-0.3, -0.25) is 4.79 Å². The van der Waals surface area contributed by atoms with Gasteiger partial charge in [0.15, 0.2) is 6.54 Å². The van der Waals surface area contributed by atoms with E-state index in [-0.39, 0.29) is 23.9 Å². The molecular weight excluding hydrogens is 393 g/mol. The number of hydrogen-bond acceptors (Lipinski definition) is 3. The minimum absolute atomic E-state index is 0.0283. The predicted octanol–water partition coefficient (Wildman–Crippen LogP) is 0.764. The standard InChI is InChI=1S/C21H26FN3O3S/c1-2-23(16-18-7-4-3-5-8-18)17-21(26)24-11-13-25(14-12-24)29(27,28)20-10-6-9-19(22)15-20/h3-10,15H,2,11-14,16-17H2,1H3/p+1. The molecule has 1 saturated heterocycles. The molecule has 0 aliphatic carbocycles. The summed E-state index contributed by atoms with van der Waals surface area (Å²) in [6.45, 7) is 5.14. The van der Waals surface area contributed by atoms with Crippen molar-refractivity contribution in [2.24, 2.45) is 0 Å². The number of benzene rings is 2. The Morgan fingerprint density at radius 2 is 1.72 bits per heavy atom. The van der Waals surface area contributed by atoms with Gasteiger partial charge in [0.25, 0.3) is 5.91 Å². The summed E-state index contributed by atoms with van der Waals surface area (Å²) in [5.41, 5.74) is 1.18. The number of rotatable bonds is 7. The molecule has 1 fully saturated rings. The summed E-state index contributed by atoms with van der Waals surface area (Å²) in [5.74, 6) is -0.554. The van der Waals surface area contributed by atoms with Crippen LogP contribution in [0.5, 0.6) is 0 Å². The van der Waals surface area contributed by atoms with E-state index in [2.05, 4.69) is 19.1 Å². The van der Waals surface area contributed by atoms with Crippen molar-refractivity contribution in [1.82, 2.24) is 9.21 Å². The molecule has 2 aromatic rings. The quantitative estimate of drug-likeness (QED) is 0.720. The molecule has 1 amide bonds. The first-order chi connectivity index (χ1) is 13.9. The van der Waals surface area contributed by atoms with E-state index in [0.717, 1.165) is 24.1 Å². The van der Waals surface area contributed by atoms with Crippen molar-refractivity contribution in [1.29, 1.82) is 0 Å². The van der Waals surface area contributed by atoms with Crippen molar-refractivity contribution in [3.63, 3.8) is 0 Å². The van der Waals surface area contributed by atoms with E-state index >= 15 is 0 Å². The number of nitrogens with one attached hydrogen (secondary N) is 1. The summed E-state index contributed by atoms with van der Waals surface area (Å²) in [6, 6.07) is 15.1. The summed E-state index contributed by atoms with van der Waals surface area (Å²) < 4.78 is 40.1. The summed E-state index contributed by atoms with van der Waals surface area (Å²) in [6.07, 6.45) is 0. The monoisotopic (exact) mass is 420 g/mol. The van der Waals surface area contributed by atoms with Gasteiger partial charge in [0.05, 0.1) is 11.4 Å². The average molecular weight is 421 g/mol. The first-order valence-corrected chi connectivity index (χ1v) is 11.2. The first-order valence-electron chi connectivity index (χ1n) is 9.81. The summed E-state index contributed by atoms with van der Waals surface area (Å²) in [5, 5.41) is 0. The van der Waals surface area contributed by atoms with Crippen molar-refractivity contribution in [2.75, 3.05) is 39.3 Å². The summed E-state index contributed by atoms with van der Waals surface area (Å²) >= 11 is 0. The van der Waals surface area contributed by atoms with Crippen LogP contribution < -0.4 is 4.90 Å². The molecule has 1 heterocycles. The third-order valence-electron chi connectivity index (χ3n) is 5.22. The lowest BCUT2D eigenvalue weighted by molar-refractivity contribution is -0.904. The zero-order chi connectivity index (χ0) is 20.9. The molecule has 29 heavy (non-hydrogen) atoms. The molecule has 0 radical (unpaired) electrons. The van der Waals surface area contributed by atoms with Gasteiger partial charge < -0.3 is 9.80 Å². The van der Waals surface area contributed by atoms with Gasteiger partial charge in [-0.1, -0.05) is 36.4 Å². The lowest BCUT2D eigenvalue weighted by Crippen LogP contribution is -3.11. The predicted molar refractivity (Wildman–Crippen MR) is 108 cm³/mol. The third kappa shape index (κ3) is 5.41. The molecule has 0 aromatic heterocycles. The van der Waals surface area contributed by atoms with Crippen LogP contribution >= 0.6 is 0 Å². The highest BCUT2D eigenvalue weighted by Gasteiger charge is 2.31. The molecule has 1 unspecified atom stereocenters. The molecule has 2 aromatic carbocycles. The molecule has 1 aliphatic rings. The lowest BCUT2D eigenvalue weighted by atomic mass is 10.2. The number of carbonyl (C=O) groups is 1. The van der Waals surface area contributed by atoms with Crippen LogP contribution in [0, 0.1) is 5.82 Å². The maximum atomic E-state index is 13.4. The minimum Gasteiger partial charge on any atom is -0.335 e. The van der Waals surface area contributed by atoms with Crippen molar-refractivity contribution in [2.45, 2.75) is 18.4 Å². The smallest absolute Gasteiger partial charge is 0.277 e. The van der Waals surface area contributed by atoms with Gasteiger partial charge in [0, 0.05) is 31.7 Å². The van der Waals surface area contributed by atoms with Crippen LogP contribution in [0.4, 0.5) is 4.39 Å². The van der Waals surface area contributed by atoms with Crippen molar-refractivity contribution >= 4 is 15.9 Å². The highest BCUT2D eigenvalue weighted by Crippen LogP contribution is 2.18. The van der Waals surface area contributed by atoms with Gasteiger partial charge in [-0.15, -0.1) is 0 Å². The molecule has 8 heteroatoms. The zero-order valence-corrected chi connectivity index (χ0v) is 17.4. The number of quaternary nitrogens is 1. The highest BCUT2D eigenvalue weighted by molar-refractivity contribution is 7.89. The number of likely N-dealkylation sites (N-methyl/N-ethyl adjacent to an activating group) is 1. The van der Waals surface area contributed by atoms with Crippen molar-refractivity contribution in [3.8, 4) is 0 Å². The molecule has 3 rings (SSSR count). The largest absolute Gasteiger partial charge is 0.335 e. The van der Waals surface area contributed by atoms with Crippen LogP contribution in [0.1, 0.15) is 12.5 Å². The van der Waals surface area contributed by atoms with Crippen LogP contribution in [0.25, 0.3) is 0 Å². The number of nitrogens with zero attached hydrogens (tertiary/aromatic N) is 2. The van der Waals surface area contributed by atoms with E-state index in [1.54, 1.807) is 4.90 Å². The van der Waals surface area contributed by atoms with Crippen LogP contribution in [-0.2, 0) is 21.4 Å². The number of sulfonamides is 1. The Hall–Kier alpha value is -2.29. The molecule has 0 saturated carbocycles. The number of hydrogen-bond donors (Lipinski definition) is 1. The fourth-order valence-electron chi connectivity index (χ4n) is 3.48. The van der Waals surface area contributed by atoms with Gasteiger partial charge in [0.1, 0.15) is 12.4 Å². The summed E-state index contributed by atoms with van der Waals surface area (Å²) in [7, 11) is -3.75. The molecule has 1 atom stereocenters. The number of amides is 1. The van der Waals surface area contributed by atoms with Crippen molar-refractivity contribution in [3.05, 3.63) is 66.0 Å². The Kier molecular flexibility index (Phi) is 7.00. The molecule has 0 bridgehead atoms. The fourth-order valence-corrected chi connectivity index (χ4v) is 4.93. The third-order valence-corrected chi connectivity index (χ3v) is 7.12. The van der Waals surface area contributed by atoms with Gasteiger partial charge in [-0.2, -0.15) is 4.31 Å². The Morgan fingerprint density at radius 3 is 2.34 bits per heavy atom. The van der Waals surface area contributed by atoms with E-state index < -0.39 is 15.8 Å². The zero-order valence-electron chi connectivity index (χ0n) is 16.6. The number of halogens is 1. The number of carbonyl (C=O) groups excluding carboxylic acids is 1. The summed E-state index contributed by atoms with van der Waals surface area (Å²) in [4.78, 5) is 15.5. The molecule has 1 N–H and O–H groups in total. The molecule has 0 spiro atoms. The highest BCUT2D eigenvalue weighted by atomic mass is 32.2. The van der Waals surface area contributed by atoms with Gasteiger partial charge in [0.2, 0.25) is 10.0 Å². The van der Waals surface area contributed by atoms with Crippen LogP contribution in [0.15, 0.2) is 59.5 Å². The Balaban J connectivity index is 1.56. The second kappa shape index (κ2) is 9.47. The second-order valence-electron chi connectivity index (χ2n) is 7.18. The van der Waals surface area contributed by atoms with Crippen LogP contribution in [0.3, 0.4) is 0 Å². The topological polar surface area (TPSA) is 62.1 Å². The Bertz CT molecular complexity index is 929. The van der Waals surface area contributed by atoms with Crippen molar-refractivity contribution < 1.29 is 22.5 Å². The minimum atomic E-state index is -3.75. The van der Waals surface area contributed by atoms with Crippen LogP contribution in [-0.4, -0.2) is 62.8 Å². The van der Waals surface area contributed by atoms with E-state index in [9.17, 15) is 17.6 Å². The SMILES string of the molecule is CC[NH+](CC(=O)N1CCN(S(=O)(=O)c2cccc(F)c2)CC1)Cc1ccccc1. The fraction of sp³-hybridized carbons (Fsp3) is 0.381. The Morgan fingerprint density at radius 1 is 1.03 bits per heavy atom. The first kappa shape index (κ1) is 21.4.